The van der Waals surface area contributed by atoms with Crippen LogP contribution in [0.15, 0.2) is 15.9 Å². The largest absolute Gasteiger partial charge is 0.505 e. The van der Waals surface area contributed by atoms with E-state index in [1.165, 1.54) is 0 Å². The van der Waals surface area contributed by atoms with Gasteiger partial charge < -0.3 is 10.1 Å². The molecule has 0 amide bonds. The Morgan fingerprint density at radius 1 is 1.47 bits per heavy atom. The number of halogens is 3. The number of hydrogen-bond donors (Lipinski definition) is 2. The summed E-state index contributed by atoms with van der Waals surface area (Å²) >= 11 is 0. The second-order valence-electron chi connectivity index (χ2n) is 2.51. The van der Waals surface area contributed by atoms with Crippen LogP contribution in [0.4, 0.5) is 8.78 Å². The molecule has 1 aromatic rings. The predicted molar refractivity (Wildman–Crippen MR) is 46.7 cm³/mol. The van der Waals surface area contributed by atoms with E-state index in [2.05, 4.69) is 0 Å². The molecule has 0 saturated heterocycles. The number of aromatic nitrogens is 1. The third-order valence-electron chi connectivity index (χ3n) is 1.49. The Morgan fingerprint density at radius 3 is 2.40 bits per heavy atom. The summed E-state index contributed by atoms with van der Waals surface area (Å²) in [6.45, 7) is 0. The Bertz CT molecular complexity index is 539. The number of hydrogen-bond acceptors (Lipinski definition) is 4. The molecule has 0 aliphatic rings. The first-order valence-electron chi connectivity index (χ1n) is 3.42. The molecule has 0 bridgehead atoms. The van der Waals surface area contributed by atoms with Crippen LogP contribution in [0, 0.1) is 0 Å². The molecular formula is C6H4ClF2NO4S. The van der Waals surface area contributed by atoms with Crippen LogP contribution in [0.25, 0.3) is 0 Å². The van der Waals surface area contributed by atoms with E-state index < -0.39 is 37.4 Å². The standard InChI is InChI=1S/C6H4ClF2NO4S/c7-15(13,14)6-4(12)2(5(8)9)1-3(11)10-6/h1,5,12H,(H,10,11). The van der Waals surface area contributed by atoms with Crippen LogP contribution in [-0.2, 0) is 9.05 Å². The Hall–Kier alpha value is -1.15. The van der Waals surface area contributed by atoms with Gasteiger partial charge in [-0.15, -0.1) is 0 Å². The smallest absolute Gasteiger partial charge is 0.280 e. The quantitative estimate of drug-likeness (QED) is 0.774. The van der Waals surface area contributed by atoms with Gasteiger partial charge in [0, 0.05) is 16.7 Å². The number of alkyl halides is 2. The maximum Gasteiger partial charge on any atom is 0.280 e. The van der Waals surface area contributed by atoms with E-state index in [9.17, 15) is 22.0 Å². The molecule has 0 saturated carbocycles. The van der Waals surface area contributed by atoms with Crippen molar-refractivity contribution >= 4 is 19.7 Å². The van der Waals surface area contributed by atoms with E-state index in [0.29, 0.717) is 6.07 Å². The summed E-state index contributed by atoms with van der Waals surface area (Å²) in [5.41, 5.74) is -2.18. The van der Waals surface area contributed by atoms with Gasteiger partial charge in [-0.25, -0.2) is 17.2 Å². The fourth-order valence-electron chi connectivity index (χ4n) is 0.891. The highest BCUT2D eigenvalue weighted by Gasteiger charge is 2.24. The summed E-state index contributed by atoms with van der Waals surface area (Å²) in [6, 6.07) is 0.394. The number of H-pyrrole nitrogens is 1. The van der Waals surface area contributed by atoms with Gasteiger partial charge in [0.15, 0.2) is 10.8 Å². The SMILES string of the molecule is O=c1cc(C(F)F)c(O)c(S(=O)(=O)Cl)[nH]1. The van der Waals surface area contributed by atoms with Crippen molar-refractivity contribution in [1.82, 2.24) is 4.98 Å². The number of rotatable bonds is 2. The average molecular weight is 260 g/mol. The minimum absolute atomic E-state index is 0.394. The van der Waals surface area contributed by atoms with Crippen molar-refractivity contribution < 1.29 is 22.3 Å². The van der Waals surface area contributed by atoms with Crippen molar-refractivity contribution in [2.45, 2.75) is 11.5 Å². The molecule has 1 heterocycles. The van der Waals surface area contributed by atoms with Crippen molar-refractivity contribution in [3.05, 3.63) is 22.0 Å². The second kappa shape index (κ2) is 3.78. The van der Waals surface area contributed by atoms with Crippen LogP contribution in [0.3, 0.4) is 0 Å². The van der Waals surface area contributed by atoms with E-state index >= 15 is 0 Å². The Labute approximate surface area is 86.7 Å². The molecule has 0 fully saturated rings. The van der Waals surface area contributed by atoms with E-state index in [0.717, 1.165) is 0 Å². The molecule has 9 heteroatoms. The fraction of sp³-hybridized carbons (Fsp3) is 0.167. The maximum absolute atomic E-state index is 12.2. The lowest BCUT2D eigenvalue weighted by Crippen LogP contribution is -2.11. The average Bonchev–Trinajstić information content (AvgIpc) is 2.06. The third kappa shape index (κ3) is 2.45. The first kappa shape index (κ1) is 11.9. The molecule has 2 N–H and O–H groups in total. The summed E-state index contributed by atoms with van der Waals surface area (Å²) in [5.74, 6) is -1.25. The van der Waals surface area contributed by atoms with Gasteiger partial charge in [0.1, 0.15) is 0 Å². The van der Waals surface area contributed by atoms with Gasteiger partial charge in [0.05, 0.1) is 5.56 Å². The second-order valence-corrected chi connectivity index (χ2v) is 5.01. The number of nitrogens with one attached hydrogen (secondary N) is 1. The molecule has 5 nitrogen and oxygen atoms in total. The van der Waals surface area contributed by atoms with Crippen molar-refractivity contribution in [1.29, 1.82) is 0 Å². The van der Waals surface area contributed by atoms with Crippen LogP contribution in [0.5, 0.6) is 5.75 Å². The van der Waals surface area contributed by atoms with Crippen LogP contribution in [-0.4, -0.2) is 18.5 Å². The van der Waals surface area contributed by atoms with Gasteiger partial charge in [0.2, 0.25) is 5.56 Å². The highest BCUT2D eigenvalue weighted by atomic mass is 35.7. The maximum atomic E-state index is 12.2. The molecule has 0 aliphatic carbocycles. The lowest BCUT2D eigenvalue weighted by molar-refractivity contribution is 0.146. The van der Waals surface area contributed by atoms with Gasteiger partial charge in [-0.3, -0.25) is 4.79 Å². The van der Waals surface area contributed by atoms with Crippen LogP contribution < -0.4 is 5.56 Å². The first-order chi connectivity index (χ1) is 6.73. The van der Waals surface area contributed by atoms with E-state index in [-0.39, 0.29) is 0 Å². The zero-order valence-electron chi connectivity index (χ0n) is 6.87. The van der Waals surface area contributed by atoms with E-state index in [4.69, 9.17) is 15.8 Å². The monoisotopic (exact) mass is 259 g/mol. The zero-order valence-corrected chi connectivity index (χ0v) is 8.44. The van der Waals surface area contributed by atoms with Crippen LogP contribution >= 0.6 is 10.7 Å². The molecule has 0 spiro atoms. The molecule has 0 aliphatic heterocycles. The topological polar surface area (TPSA) is 87.2 Å². The molecular weight excluding hydrogens is 256 g/mol. The van der Waals surface area contributed by atoms with E-state index in [1.807, 2.05) is 0 Å². The molecule has 1 aromatic heterocycles. The molecule has 0 atom stereocenters. The summed E-state index contributed by atoms with van der Waals surface area (Å²) in [5, 5.41) is 7.97. The first-order valence-corrected chi connectivity index (χ1v) is 5.73. The lowest BCUT2D eigenvalue weighted by atomic mass is 10.2. The predicted octanol–water partition coefficient (Wildman–Crippen LogP) is 0.946. The summed E-state index contributed by atoms with van der Waals surface area (Å²) in [4.78, 5) is 12.4. The van der Waals surface area contributed by atoms with Crippen molar-refractivity contribution in [2.75, 3.05) is 0 Å². The molecule has 0 unspecified atom stereocenters. The van der Waals surface area contributed by atoms with Crippen molar-refractivity contribution in [3.63, 3.8) is 0 Å². The minimum Gasteiger partial charge on any atom is -0.505 e. The molecule has 84 valence electrons. The van der Waals surface area contributed by atoms with Gasteiger partial charge >= 0.3 is 0 Å². The normalized spacial score (nSPS) is 12.0. The Morgan fingerprint density at radius 2 is 2.00 bits per heavy atom. The van der Waals surface area contributed by atoms with E-state index in [1.54, 1.807) is 4.98 Å². The highest BCUT2D eigenvalue weighted by molar-refractivity contribution is 8.13. The molecule has 1 rings (SSSR count). The number of pyridine rings is 1. The molecule has 0 radical (unpaired) electrons. The summed E-state index contributed by atoms with van der Waals surface area (Å²) < 4.78 is 46.0. The van der Waals surface area contributed by atoms with Crippen molar-refractivity contribution in [3.8, 4) is 5.75 Å². The highest BCUT2D eigenvalue weighted by Crippen LogP contribution is 2.32. The molecule has 15 heavy (non-hydrogen) atoms. The van der Waals surface area contributed by atoms with Gasteiger partial charge in [-0.2, -0.15) is 0 Å². The summed E-state index contributed by atoms with van der Waals surface area (Å²) in [7, 11) is 0.331. The van der Waals surface area contributed by atoms with Crippen molar-refractivity contribution in [2.24, 2.45) is 0 Å². The Balaban J connectivity index is 3.64. The number of aromatic amines is 1. The number of aromatic hydroxyl groups is 1. The third-order valence-corrected chi connectivity index (χ3v) is 2.74. The summed E-state index contributed by atoms with van der Waals surface area (Å²) in [6.07, 6.45) is -3.18. The van der Waals surface area contributed by atoms with Gasteiger partial charge in [0.25, 0.3) is 15.5 Å². The lowest BCUT2D eigenvalue weighted by Gasteiger charge is -2.05. The van der Waals surface area contributed by atoms with Gasteiger partial charge in [-0.1, -0.05) is 0 Å². The molecule has 0 aromatic carbocycles. The zero-order chi connectivity index (χ0) is 11.8. The minimum atomic E-state index is -4.48. The Kier molecular flexibility index (Phi) is 3.00. The fourth-order valence-corrected chi connectivity index (χ4v) is 1.80. The van der Waals surface area contributed by atoms with Crippen LogP contribution in [0.2, 0.25) is 0 Å². The van der Waals surface area contributed by atoms with Gasteiger partial charge in [-0.05, 0) is 0 Å². The van der Waals surface area contributed by atoms with Crippen LogP contribution in [0.1, 0.15) is 12.0 Å².